The van der Waals surface area contributed by atoms with Crippen molar-refractivity contribution in [2.45, 2.75) is 25.4 Å². The van der Waals surface area contributed by atoms with Gasteiger partial charge in [-0.05, 0) is 37.1 Å². The van der Waals surface area contributed by atoms with Crippen LogP contribution in [0, 0.1) is 0 Å². The zero-order chi connectivity index (χ0) is 14.4. The summed E-state index contributed by atoms with van der Waals surface area (Å²) < 4.78 is 5.15. The van der Waals surface area contributed by atoms with Crippen LogP contribution in [0.1, 0.15) is 18.4 Å². The third-order valence-electron chi connectivity index (χ3n) is 3.68. The van der Waals surface area contributed by atoms with Crippen molar-refractivity contribution < 1.29 is 14.6 Å². The Bertz CT molecular complexity index is 450. The van der Waals surface area contributed by atoms with Crippen molar-refractivity contribution in [2.24, 2.45) is 0 Å². The highest BCUT2D eigenvalue weighted by Crippen LogP contribution is 2.16. The second-order valence-corrected chi connectivity index (χ2v) is 5.08. The molecule has 2 N–H and O–H groups in total. The van der Waals surface area contributed by atoms with Gasteiger partial charge in [0.25, 0.3) is 0 Å². The molecular weight excluding hydrogens is 256 g/mol. The Hall–Kier alpha value is -1.59. The predicted molar refractivity (Wildman–Crippen MR) is 76.5 cm³/mol. The molecule has 0 radical (unpaired) electrons. The molecule has 1 amide bonds. The number of nitrogens with one attached hydrogen (secondary N) is 1. The number of hydrogen-bond donors (Lipinski definition) is 2. The van der Waals surface area contributed by atoms with Gasteiger partial charge in [0.15, 0.2) is 0 Å². The zero-order valence-corrected chi connectivity index (χ0v) is 11.8. The Morgan fingerprint density at radius 2 is 2.40 bits per heavy atom. The molecule has 0 aliphatic carbocycles. The largest absolute Gasteiger partial charge is 0.497 e. The molecule has 110 valence electrons. The van der Waals surface area contributed by atoms with E-state index in [1.807, 2.05) is 29.2 Å². The fourth-order valence-corrected chi connectivity index (χ4v) is 2.53. The minimum Gasteiger partial charge on any atom is -0.497 e. The third kappa shape index (κ3) is 3.95. The Kier molecular flexibility index (Phi) is 5.38. The van der Waals surface area contributed by atoms with E-state index >= 15 is 0 Å². The molecule has 5 heteroatoms. The molecule has 1 aliphatic rings. The van der Waals surface area contributed by atoms with Crippen molar-refractivity contribution >= 4 is 5.91 Å². The Morgan fingerprint density at radius 3 is 3.15 bits per heavy atom. The number of amides is 1. The Balaban J connectivity index is 1.79. The number of nitrogens with zero attached hydrogens (tertiary/aromatic N) is 1. The van der Waals surface area contributed by atoms with E-state index in [9.17, 15) is 9.90 Å². The molecule has 2 rings (SSSR count). The summed E-state index contributed by atoms with van der Waals surface area (Å²) in [5.74, 6) is 0.782. The molecule has 20 heavy (non-hydrogen) atoms. The van der Waals surface area contributed by atoms with Gasteiger partial charge in [-0.15, -0.1) is 0 Å². The van der Waals surface area contributed by atoms with Crippen LogP contribution >= 0.6 is 0 Å². The van der Waals surface area contributed by atoms with E-state index in [0.29, 0.717) is 13.1 Å². The van der Waals surface area contributed by atoms with Crippen molar-refractivity contribution in [1.82, 2.24) is 10.2 Å². The van der Waals surface area contributed by atoms with E-state index in [-0.39, 0.29) is 18.6 Å². The van der Waals surface area contributed by atoms with Crippen LogP contribution in [0.25, 0.3) is 0 Å². The van der Waals surface area contributed by atoms with Gasteiger partial charge < -0.3 is 15.2 Å². The molecule has 1 aromatic rings. The topological polar surface area (TPSA) is 61.8 Å². The smallest absolute Gasteiger partial charge is 0.234 e. The quantitative estimate of drug-likeness (QED) is 0.807. The van der Waals surface area contributed by atoms with Gasteiger partial charge in [-0.1, -0.05) is 12.1 Å². The molecule has 1 aromatic carbocycles. The number of methoxy groups -OCH3 is 1. The van der Waals surface area contributed by atoms with Crippen LogP contribution in [0.3, 0.4) is 0 Å². The summed E-state index contributed by atoms with van der Waals surface area (Å²) in [7, 11) is 1.63. The van der Waals surface area contributed by atoms with Crippen molar-refractivity contribution in [3.63, 3.8) is 0 Å². The lowest BCUT2D eigenvalue weighted by Gasteiger charge is -2.21. The van der Waals surface area contributed by atoms with Crippen LogP contribution in [0.15, 0.2) is 24.3 Å². The molecule has 1 heterocycles. The van der Waals surface area contributed by atoms with Crippen LogP contribution in [-0.4, -0.2) is 48.8 Å². The fraction of sp³-hybridized carbons (Fsp3) is 0.533. The van der Waals surface area contributed by atoms with Crippen LogP contribution in [0.5, 0.6) is 5.75 Å². The Morgan fingerprint density at radius 1 is 1.55 bits per heavy atom. The summed E-state index contributed by atoms with van der Waals surface area (Å²) in [4.78, 5) is 14.0. The molecule has 0 aromatic heterocycles. The number of carbonyl (C=O) groups is 1. The summed E-state index contributed by atoms with van der Waals surface area (Å²) in [6, 6.07) is 7.78. The first-order chi connectivity index (χ1) is 9.72. The second kappa shape index (κ2) is 7.26. The van der Waals surface area contributed by atoms with E-state index in [4.69, 9.17) is 4.74 Å². The summed E-state index contributed by atoms with van der Waals surface area (Å²) >= 11 is 0. The summed E-state index contributed by atoms with van der Waals surface area (Å²) in [5.41, 5.74) is 1.01. The average molecular weight is 278 g/mol. The van der Waals surface area contributed by atoms with E-state index < -0.39 is 0 Å². The van der Waals surface area contributed by atoms with Gasteiger partial charge in [-0.25, -0.2) is 0 Å². The summed E-state index contributed by atoms with van der Waals surface area (Å²) in [6.45, 7) is 1.86. The molecule has 1 saturated heterocycles. The molecule has 1 atom stereocenters. The van der Waals surface area contributed by atoms with Gasteiger partial charge in [0.2, 0.25) is 5.91 Å². The van der Waals surface area contributed by atoms with Gasteiger partial charge in [0.05, 0.1) is 20.3 Å². The SMILES string of the molecule is COc1cccc(CNC(=O)CN2CCC[C@@H]2CO)c1. The van der Waals surface area contributed by atoms with Gasteiger partial charge in [-0.3, -0.25) is 9.69 Å². The number of rotatable bonds is 6. The van der Waals surface area contributed by atoms with E-state index in [0.717, 1.165) is 30.7 Å². The number of ether oxygens (including phenoxy) is 1. The number of aliphatic hydroxyl groups excluding tert-OH is 1. The molecule has 0 saturated carbocycles. The van der Waals surface area contributed by atoms with Gasteiger partial charge in [0, 0.05) is 12.6 Å². The number of aliphatic hydroxyl groups is 1. The lowest BCUT2D eigenvalue weighted by Crippen LogP contribution is -2.40. The normalized spacial score (nSPS) is 19.0. The molecule has 0 unspecified atom stereocenters. The molecule has 0 bridgehead atoms. The first-order valence-corrected chi connectivity index (χ1v) is 6.97. The fourth-order valence-electron chi connectivity index (χ4n) is 2.53. The molecule has 0 spiro atoms. The third-order valence-corrected chi connectivity index (χ3v) is 3.68. The number of benzene rings is 1. The highest BCUT2D eigenvalue weighted by molar-refractivity contribution is 5.78. The molecule has 1 fully saturated rings. The van der Waals surface area contributed by atoms with Crippen molar-refractivity contribution in [3.05, 3.63) is 29.8 Å². The summed E-state index contributed by atoms with van der Waals surface area (Å²) in [6.07, 6.45) is 2.02. The first kappa shape index (κ1) is 14.8. The molecular formula is C15H22N2O3. The van der Waals surface area contributed by atoms with E-state index in [2.05, 4.69) is 5.32 Å². The zero-order valence-electron chi connectivity index (χ0n) is 11.8. The van der Waals surface area contributed by atoms with Crippen LogP contribution in [0.4, 0.5) is 0 Å². The average Bonchev–Trinajstić information content (AvgIpc) is 2.92. The maximum atomic E-state index is 11.9. The lowest BCUT2D eigenvalue weighted by atomic mass is 10.2. The van der Waals surface area contributed by atoms with Crippen molar-refractivity contribution in [3.8, 4) is 5.75 Å². The predicted octanol–water partition coefficient (Wildman–Crippen LogP) is 0.768. The summed E-state index contributed by atoms with van der Waals surface area (Å²) in [5, 5.41) is 12.1. The lowest BCUT2D eigenvalue weighted by molar-refractivity contribution is -0.122. The second-order valence-electron chi connectivity index (χ2n) is 5.08. The van der Waals surface area contributed by atoms with Crippen molar-refractivity contribution in [2.75, 3.05) is 26.8 Å². The molecule has 1 aliphatic heterocycles. The van der Waals surface area contributed by atoms with Crippen LogP contribution < -0.4 is 10.1 Å². The van der Waals surface area contributed by atoms with E-state index in [1.54, 1.807) is 7.11 Å². The van der Waals surface area contributed by atoms with Gasteiger partial charge in [-0.2, -0.15) is 0 Å². The number of hydrogen-bond acceptors (Lipinski definition) is 4. The highest BCUT2D eigenvalue weighted by atomic mass is 16.5. The van der Waals surface area contributed by atoms with Crippen LogP contribution in [-0.2, 0) is 11.3 Å². The number of likely N-dealkylation sites (tertiary alicyclic amines) is 1. The van der Waals surface area contributed by atoms with Gasteiger partial charge in [0.1, 0.15) is 5.75 Å². The maximum Gasteiger partial charge on any atom is 0.234 e. The monoisotopic (exact) mass is 278 g/mol. The van der Waals surface area contributed by atoms with Gasteiger partial charge >= 0.3 is 0 Å². The standard InChI is InChI=1S/C15H22N2O3/c1-20-14-6-2-4-12(8-14)9-16-15(19)10-17-7-3-5-13(17)11-18/h2,4,6,8,13,18H,3,5,7,9-11H2,1H3,(H,16,19)/t13-/m1/s1. The Labute approximate surface area is 119 Å². The first-order valence-electron chi connectivity index (χ1n) is 6.97. The minimum absolute atomic E-state index is 0.00632. The minimum atomic E-state index is -0.00632. The van der Waals surface area contributed by atoms with E-state index in [1.165, 1.54) is 0 Å². The highest BCUT2D eigenvalue weighted by Gasteiger charge is 2.25. The van der Waals surface area contributed by atoms with Crippen molar-refractivity contribution in [1.29, 1.82) is 0 Å². The maximum absolute atomic E-state index is 11.9. The number of carbonyl (C=O) groups excluding carboxylic acids is 1. The molecule has 5 nitrogen and oxygen atoms in total. The van der Waals surface area contributed by atoms with Crippen LogP contribution in [0.2, 0.25) is 0 Å².